The first-order valence-corrected chi connectivity index (χ1v) is 8.57. The van der Waals surface area contributed by atoms with Gasteiger partial charge in [-0.25, -0.2) is 14.8 Å². The number of hydrogen-bond donors (Lipinski definition) is 2. The monoisotopic (exact) mass is 362 g/mol. The number of amides is 2. The molecule has 2 N–H and O–H groups in total. The van der Waals surface area contributed by atoms with Crippen molar-refractivity contribution in [2.45, 2.75) is 19.9 Å². The van der Waals surface area contributed by atoms with E-state index in [0.717, 1.165) is 0 Å². The van der Waals surface area contributed by atoms with E-state index in [9.17, 15) is 4.79 Å². The molecular weight excluding hydrogens is 344 g/mol. The van der Waals surface area contributed by atoms with E-state index >= 15 is 0 Å². The number of nitrogens with zero attached hydrogens (tertiary/aromatic N) is 2. The number of fused-ring (bicyclic) bond motifs is 1. The highest BCUT2D eigenvalue weighted by atomic mass is 16.3. The van der Waals surface area contributed by atoms with E-state index in [1.54, 1.807) is 36.8 Å². The highest BCUT2D eigenvalue weighted by Crippen LogP contribution is 2.32. The van der Waals surface area contributed by atoms with Crippen LogP contribution in [-0.2, 0) is 0 Å². The number of anilines is 1. The van der Waals surface area contributed by atoms with Crippen LogP contribution in [0.3, 0.4) is 0 Å². The van der Waals surface area contributed by atoms with Crippen LogP contribution in [0.5, 0.6) is 0 Å². The zero-order valence-corrected chi connectivity index (χ0v) is 14.9. The summed E-state index contributed by atoms with van der Waals surface area (Å²) < 4.78 is 11.0. The van der Waals surface area contributed by atoms with Crippen molar-refractivity contribution in [3.63, 3.8) is 0 Å². The van der Waals surface area contributed by atoms with Gasteiger partial charge in [-0.2, -0.15) is 0 Å². The first-order valence-electron chi connectivity index (χ1n) is 8.57. The molecule has 0 atom stereocenters. The van der Waals surface area contributed by atoms with Gasteiger partial charge in [0.25, 0.3) is 0 Å². The summed E-state index contributed by atoms with van der Waals surface area (Å²) in [5, 5.41) is 5.59. The average Bonchev–Trinajstić information content (AvgIpc) is 3.33. The Labute approximate surface area is 155 Å². The van der Waals surface area contributed by atoms with Crippen LogP contribution < -0.4 is 10.6 Å². The van der Waals surface area contributed by atoms with E-state index < -0.39 is 0 Å². The second-order valence-electron chi connectivity index (χ2n) is 6.33. The number of carbonyl (C=O) groups excluding carboxylic acids is 1. The third-order valence-corrected chi connectivity index (χ3v) is 3.85. The van der Waals surface area contributed by atoms with E-state index in [4.69, 9.17) is 18.8 Å². The number of rotatable bonds is 4. The molecular formula is C20H18N4O3. The van der Waals surface area contributed by atoms with E-state index in [0.29, 0.717) is 39.6 Å². The summed E-state index contributed by atoms with van der Waals surface area (Å²) in [7, 11) is 0. The van der Waals surface area contributed by atoms with Gasteiger partial charge in [-0.05, 0) is 56.3 Å². The van der Waals surface area contributed by atoms with Crippen molar-refractivity contribution < 1.29 is 13.6 Å². The molecule has 0 bridgehead atoms. The maximum atomic E-state index is 11.9. The molecule has 0 unspecified atom stereocenters. The largest absolute Gasteiger partial charge is 0.463 e. The lowest BCUT2D eigenvalue weighted by molar-refractivity contribution is 0.250. The molecule has 0 spiro atoms. The van der Waals surface area contributed by atoms with Crippen molar-refractivity contribution in [1.29, 1.82) is 0 Å². The van der Waals surface area contributed by atoms with Gasteiger partial charge < -0.3 is 19.5 Å². The standard InChI is InChI=1S/C20H18N4O3/c1-12(2)21-20(25)22-13-7-8-14-15(11-13)24-19(17-6-4-10-27-17)18(23-14)16-5-3-9-26-16/h3-12H,1-2H3,(H2,21,22,25). The number of furan rings is 2. The van der Waals surface area contributed by atoms with Gasteiger partial charge in [-0.15, -0.1) is 0 Å². The number of carbonyl (C=O) groups is 1. The SMILES string of the molecule is CC(C)NC(=O)Nc1ccc2nc(-c3ccco3)c(-c3ccco3)nc2c1. The van der Waals surface area contributed by atoms with Crippen molar-refractivity contribution >= 4 is 22.8 Å². The Bertz CT molecular complexity index is 1070. The summed E-state index contributed by atoms with van der Waals surface area (Å²) in [5.41, 5.74) is 3.13. The zero-order chi connectivity index (χ0) is 18.8. The van der Waals surface area contributed by atoms with Crippen LogP contribution in [0.15, 0.2) is 63.8 Å². The van der Waals surface area contributed by atoms with Crippen LogP contribution >= 0.6 is 0 Å². The molecule has 0 fully saturated rings. The van der Waals surface area contributed by atoms with E-state index in [1.807, 2.05) is 32.0 Å². The van der Waals surface area contributed by atoms with Gasteiger partial charge in [-0.3, -0.25) is 0 Å². The summed E-state index contributed by atoms with van der Waals surface area (Å²) in [5.74, 6) is 1.20. The number of hydrogen-bond acceptors (Lipinski definition) is 5. The molecule has 0 radical (unpaired) electrons. The number of nitrogens with one attached hydrogen (secondary N) is 2. The quantitative estimate of drug-likeness (QED) is 0.550. The molecule has 27 heavy (non-hydrogen) atoms. The van der Waals surface area contributed by atoms with Crippen LogP contribution in [-0.4, -0.2) is 22.0 Å². The van der Waals surface area contributed by atoms with Crippen LogP contribution in [0.4, 0.5) is 10.5 Å². The fraction of sp³-hybridized carbons (Fsp3) is 0.150. The van der Waals surface area contributed by atoms with Crippen molar-refractivity contribution in [3.8, 4) is 22.9 Å². The van der Waals surface area contributed by atoms with E-state index in [1.165, 1.54) is 0 Å². The smallest absolute Gasteiger partial charge is 0.319 e. The third-order valence-electron chi connectivity index (χ3n) is 3.85. The number of benzene rings is 1. The van der Waals surface area contributed by atoms with Crippen molar-refractivity contribution in [2.75, 3.05) is 5.32 Å². The van der Waals surface area contributed by atoms with Gasteiger partial charge in [-0.1, -0.05) is 0 Å². The van der Waals surface area contributed by atoms with Gasteiger partial charge in [0, 0.05) is 11.7 Å². The van der Waals surface area contributed by atoms with Crippen LogP contribution in [0.25, 0.3) is 33.9 Å². The highest BCUT2D eigenvalue weighted by molar-refractivity contribution is 5.93. The van der Waals surface area contributed by atoms with Crippen molar-refractivity contribution in [1.82, 2.24) is 15.3 Å². The lowest BCUT2D eigenvalue weighted by Gasteiger charge is -2.11. The first-order chi connectivity index (χ1) is 13.1. The number of urea groups is 1. The molecule has 2 amide bonds. The molecule has 7 heteroatoms. The minimum Gasteiger partial charge on any atom is -0.463 e. The molecule has 1 aromatic carbocycles. The van der Waals surface area contributed by atoms with E-state index in [-0.39, 0.29) is 12.1 Å². The third kappa shape index (κ3) is 3.52. The van der Waals surface area contributed by atoms with Crippen LogP contribution in [0, 0.1) is 0 Å². The summed E-state index contributed by atoms with van der Waals surface area (Å²) in [6, 6.07) is 12.4. The summed E-state index contributed by atoms with van der Waals surface area (Å²) in [6.45, 7) is 3.80. The molecule has 136 valence electrons. The molecule has 0 aliphatic rings. The minimum atomic E-state index is -0.268. The Morgan fingerprint density at radius 2 is 1.56 bits per heavy atom. The Morgan fingerprint density at radius 3 is 2.11 bits per heavy atom. The van der Waals surface area contributed by atoms with E-state index in [2.05, 4.69) is 10.6 Å². The molecule has 3 aromatic heterocycles. The van der Waals surface area contributed by atoms with Crippen LogP contribution in [0.2, 0.25) is 0 Å². The topological polar surface area (TPSA) is 93.2 Å². The predicted octanol–water partition coefficient (Wildman–Crippen LogP) is 4.68. The Hall–Kier alpha value is -3.61. The maximum absolute atomic E-state index is 11.9. The second-order valence-corrected chi connectivity index (χ2v) is 6.33. The molecule has 3 heterocycles. The summed E-state index contributed by atoms with van der Waals surface area (Å²) >= 11 is 0. The molecule has 4 aromatic rings. The van der Waals surface area contributed by atoms with Gasteiger partial charge in [0.05, 0.1) is 23.6 Å². The maximum Gasteiger partial charge on any atom is 0.319 e. The van der Waals surface area contributed by atoms with Crippen molar-refractivity contribution in [3.05, 3.63) is 55.0 Å². The normalized spacial score (nSPS) is 11.1. The fourth-order valence-electron chi connectivity index (χ4n) is 2.73. The minimum absolute atomic E-state index is 0.0478. The molecule has 7 nitrogen and oxygen atoms in total. The molecule has 0 aliphatic carbocycles. The molecule has 0 saturated carbocycles. The predicted molar refractivity (Wildman–Crippen MR) is 102 cm³/mol. The van der Waals surface area contributed by atoms with Gasteiger partial charge in [0.2, 0.25) is 0 Å². The van der Waals surface area contributed by atoms with Crippen LogP contribution in [0.1, 0.15) is 13.8 Å². The van der Waals surface area contributed by atoms with Crippen molar-refractivity contribution in [2.24, 2.45) is 0 Å². The fourth-order valence-corrected chi connectivity index (χ4v) is 2.73. The summed E-state index contributed by atoms with van der Waals surface area (Å²) in [6.07, 6.45) is 3.18. The summed E-state index contributed by atoms with van der Waals surface area (Å²) in [4.78, 5) is 21.3. The second kappa shape index (κ2) is 6.95. The Kier molecular flexibility index (Phi) is 4.33. The highest BCUT2D eigenvalue weighted by Gasteiger charge is 2.17. The molecule has 4 rings (SSSR count). The Balaban J connectivity index is 1.78. The first kappa shape index (κ1) is 16.8. The molecule has 0 aliphatic heterocycles. The van der Waals surface area contributed by atoms with Gasteiger partial charge in [0.15, 0.2) is 11.5 Å². The average molecular weight is 362 g/mol. The number of aromatic nitrogens is 2. The Morgan fingerprint density at radius 1 is 0.926 bits per heavy atom. The van der Waals surface area contributed by atoms with Gasteiger partial charge >= 0.3 is 6.03 Å². The van der Waals surface area contributed by atoms with Gasteiger partial charge in [0.1, 0.15) is 11.4 Å². The lowest BCUT2D eigenvalue weighted by Crippen LogP contribution is -2.34. The zero-order valence-electron chi connectivity index (χ0n) is 14.9. The lowest BCUT2D eigenvalue weighted by atomic mass is 10.1. The molecule has 0 saturated heterocycles.